The molecule has 0 aliphatic carbocycles. The first kappa shape index (κ1) is 25.1. The lowest BCUT2D eigenvalue weighted by molar-refractivity contribution is 0.180. The van der Waals surface area contributed by atoms with E-state index in [1.165, 1.54) is 9.13 Å². The van der Waals surface area contributed by atoms with Crippen molar-refractivity contribution in [2.24, 2.45) is 14.1 Å². The number of nitrogens with zero attached hydrogens (tertiary/aromatic N) is 5. The fraction of sp³-hybridized carbons (Fsp3) is 0.773. The van der Waals surface area contributed by atoms with Gasteiger partial charge < -0.3 is 15.0 Å². The fourth-order valence-electron chi connectivity index (χ4n) is 3.72. The van der Waals surface area contributed by atoms with E-state index in [9.17, 15) is 14.7 Å². The molecule has 2 aromatic rings. The van der Waals surface area contributed by atoms with Crippen LogP contribution in [0.15, 0.2) is 9.59 Å². The Morgan fingerprint density at radius 1 is 1.03 bits per heavy atom. The van der Waals surface area contributed by atoms with Crippen LogP contribution in [-0.4, -0.2) is 54.6 Å². The van der Waals surface area contributed by atoms with E-state index in [0.29, 0.717) is 43.2 Å². The maximum atomic E-state index is 13.1. The number of imidazole rings is 1. The molecule has 176 valence electrons. The van der Waals surface area contributed by atoms with Crippen molar-refractivity contribution in [2.45, 2.75) is 78.4 Å². The van der Waals surface area contributed by atoms with Gasteiger partial charge in [0, 0.05) is 20.6 Å². The van der Waals surface area contributed by atoms with E-state index < -0.39 is 0 Å². The second-order valence-electron chi connectivity index (χ2n) is 8.47. The molecule has 1 unspecified atom stereocenters. The van der Waals surface area contributed by atoms with Gasteiger partial charge in [-0.25, -0.2) is 4.79 Å². The number of anilines is 1. The molecule has 2 aromatic heterocycles. The van der Waals surface area contributed by atoms with Crippen LogP contribution < -0.4 is 16.6 Å². The predicted octanol–water partition coefficient (Wildman–Crippen LogP) is 2.26. The van der Waals surface area contributed by atoms with Crippen molar-refractivity contribution >= 4 is 17.1 Å². The quantitative estimate of drug-likeness (QED) is 0.348. The van der Waals surface area contributed by atoms with Gasteiger partial charge in [-0.15, -0.1) is 0 Å². The third kappa shape index (κ3) is 6.43. The Morgan fingerprint density at radius 3 is 2.26 bits per heavy atom. The van der Waals surface area contributed by atoms with Gasteiger partial charge in [0.25, 0.3) is 5.56 Å². The number of fused-ring (bicyclic) bond motifs is 1. The molecule has 2 N–H and O–H groups in total. The SMILES string of the molecule is CCCCN(CCCC)CNc1nc2c(c(=O)n(CCCCC(C)O)c(=O)n2C)n1C. The van der Waals surface area contributed by atoms with Gasteiger partial charge in [0.15, 0.2) is 11.2 Å². The van der Waals surface area contributed by atoms with Crippen LogP contribution in [0.4, 0.5) is 5.95 Å². The number of rotatable bonds is 14. The average molecular weight is 437 g/mol. The smallest absolute Gasteiger partial charge is 0.332 e. The molecule has 0 saturated carbocycles. The zero-order valence-corrected chi connectivity index (χ0v) is 19.9. The lowest BCUT2D eigenvalue weighted by atomic mass is 10.2. The summed E-state index contributed by atoms with van der Waals surface area (Å²) >= 11 is 0. The lowest BCUT2D eigenvalue weighted by Crippen LogP contribution is -2.39. The van der Waals surface area contributed by atoms with Crippen LogP contribution >= 0.6 is 0 Å². The van der Waals surface area contributed by atoms with Crippen LogP contribution in [0.5, 0.6) is 0 Å². The normalized spacial score (nSPS) is 12.7. The Balaban J connectivity index is 2.25. The van der Waals surface area contributed by atoms with E-state index in [1.807, 2.05) is 7.05 Å². The number of aliphatic hydroxyl groups is 1. The highest BCUT2D eigenvalue weighted by Crippen LogP contribution is 2.14. The van der Waals surface area contributed by atoms with Crippen molar-refractivity contribution in [3.8, 4) is 0 Å². The highest BCUT2D eigenvalue weighted by atomic mass is 16.3. The molecule has 0 amide bonds. The maximum absolute atomic E-state index is 13.1. The minimum absolute atomic E-state index is 0.313. The first-order valence-corrected chi connectivity index (χ1v) is 11.6. The fourth-order valence-corrected chi connectivity index (χ4v) is 3.72. The maximum Gasteiger partial charge on any atom is 0.332 e. The molecule has 0 aliphatic rings. The second-order valence-corrected chi connectivity index (χ2v) is 8.47. The van der Waals surface area contributed by atoms with Gasteiger partial charge in [0.05, 0.1) is 12.8 Å². The number of aryl methyl sites for hydroxylation is 2. The van der Waals surface area contributed by atoms with Crippen LogP contribution in [0.3, 0.4) is 0 Å². The molecule has 0 bridgehead atoms. The molecule has 9 nitrogen and oxygen atoms in total. The van der Waals surface area contributed by atoms with Crippen molar-refractivity contribution in [1.29, 1.82) is 0 Å². The summed E-state index contributed by atoms with van der Waals surface area (Å²) in [5, 5.41) is 12.8. The Morgan fingerprint density at radius 2 is 1.68 bits per heavy atom. The molecule has 9 heteroatoms. The molecule has 0 fully saturated rings. The third-order valence-corrected chi connectivity index (χ3v) is 5.73. The topological polar surface area (TPSA) is 97.3 Å². The minimum Gasteiger partial charge on any atom is -0.393 e. The van der Waals surface area contributed by atoms with Gasteiger partial charge in [0.2, 0.25) is 5.95 Å². The van der Waals surface area contributed by atoms with Crippen LogP contribution in [0.1, 0.15) is 65.7 Å². The molecule has 0 radical (unpaired) electrons. The third-order valence-electron chi connectivity index (χ3n) is 5.73. The summed E-state index contributed by atoms with van der Waals surface area (Å²) in [5.74, 6) is 0.590. The average Bonchev–Trinajstić information content (AvgIpc) is 3.07. The summed E-state index contributed by atoms with van der Waals surface area (Å²) in [4.78, 5) is 32.8. The van der Waals surface area contributed by atoms with Crippen LogP contribution in [0.25, 0.3) is 11.2 Å². The van der Waals surface area contributed by atoms with E-state index in [0.717, 1.165) is 45.2 Å². The monoisotopic (exact) mass is 436 g/mol. The largest absolute Gasteiger partial charge is 0.393 e. The van der Waals surface area contributed by atoms with Crippen molar-refractivity contribution in [2.75, 3.05) is 25.1 Å². The van der Waals surface area contributed by atoms with Gasteiger partial charge in [-0.1, -0.05) is 26.7 Å². The number of aliphatic hydroxyl groups excluding tert-OH is 1. The molecule has 0 spiro atoms. The van der Waals surface area contributed by atoms with Gasteiger partial charge in [-0.05, 0) is 52.1 Å². The van der Waals surface area contributed by atoms with E-state index in [2.05, 4.69) is 29.0 Å². The van der Waals surface area contributed by atoms with Gasteiger partial charge in [-0.2, -0.15) is 4.98 Å². The second kappa shape index (κ2) is 12.0. The zero-order chi connectivity index (χ0) is 23.0. The lowest BCUT2D eigenvalue weighted by Gasteiger charge is -2.22. The van der Waals surface area contributed by atoms with Crippen molar-refractivity contribution in [3.05, 3.63) is 20.8 Å². The minimum atomic E-state index is -0.373. The molecule has 31 heavy (non-hydrogen) atoms. The highest BCUT2D eigenvalue weighted by Gasteiger charge is 2.18. The summed E-state index contributed by atoms with van der Waals surface area (Å²) in [6.07, 6.45) is 6.28. The molecule has 1 atom stereocenters. The number of nitrogens with one attached hydrogen (secondary N) is 1. The van der Waals surface area contributed by atoms with E-state index in [-0.39, 0.29) is 17.4 Å². The van der Waals surface area contributed by atoms with Crippen molar-refractivity contribution in [1.82, 2.24) is 23.6 Å². The summed E-state index contributed by atoms with van der Waals surface area (Å²) < 4.78 is 4.48. The molecular formula is C22H40N6O3. The standard InChI is InChI=1S/C22H40N6O3/c1-6-8-13-27(14-9-7-2)16-23-21-24-19-18(25(21)4)20(30)28(22(31)26(19)5)15-11-10-12-17(3)29/h17,29H,6-16H2,1-5H3,(H,23,24). The Hall–Kier alpha value is -2.13. The van der Waals surface area contributed by atoms with E-state index >= 15 is 0 Å². The summed E-state index contributed by atoms with van der Waals surface area (Å²) in [7, 11) is 3.46. The number of aromatic nitrogens is 4. The van der Waals surface area contributed by atoms with Crippen LogP contribution in [0.2, 0.25) is 0 Å². The molecule has 2 heterocycles. The van der Waals surface area contributed by atoms with Crippen LogP contribution in [0, 0.1) is 0 Å². The van der Waals surface area contributed by atoms with Crippen molar-refractivity contribution in [3.63, 3.8) is 0 Å². The predicted molar refractivity (Wildman–Crippen MR) is 126 cm³/mol. The molecule has 0 aromatic carbocycles. The van der Waals surface area contributed by atoms with E-state index in [1.54, 1.807) is 18.5 Å². The molecule has 0 aliphatic heterocycles. The molecule has 0 saturated heterocycles. The van der Waals surface area contributed by atoms with E-state index in [4.69, 9.17) is 0 Å². The number of hydrogen-bond acceptors (Lipinski definition) is 6. The van der Waals surface area contributed by atoms with Crippen molar-refractivity contribution < 1.29 is 5.11 Å². The number of hydrogen-bond donors (Lipinski definition) is 2. The van der Waals surface area contributed by atoms with Gasteiger partial charge in [0.1, 0.15) is 0 Å². The Bertz CT molecular complexity index is 935. The summed E-state index contributed by atoms with van der Waals surface area (Å²) in [5.41, 5.74) is 0.154. The highest BCUT2D eigenvalue weighted by molar-refractivity contribution is 5.74. The zero-order valence-electron chi connectivity index (χ0n) is 19.9. The van der Waals surface area contributed by atoms with Crippen LogP contribution in [-0.2, 0) is 20.6 Å². The molecular weight excluding hydrogens is 396 g/mol. The Kier molecular flexibility index (Phi) is 9.77. The summed E-state index contributed by atoms with van der Waals surface area (Å²) in [6, 6.07) is 0. The first-order chi connectivity index (χ1) is 14.8. The molecule has 2 rings (SSSR count). The van der Waals surface area contributed by atoms with Gasteiger partial charge in [-0.3, -0.25) is 18.8 Å². The number of unbranched alkanes of at least 4 members (excludes halogenated alkanes) is 3. The van der Waals surface area contributed by atoms with Gasteiger partial charge >= 0.3 is 5.69 Å². The summed E-state index contributed by atoms with van der Waals surface area (Å²) in [6.45, 7) is 9.14. The first-order valence-electron chi connectivity index (χ1n) is 11.6. The Labute approximate surface area is 184 Å².